The second kappa shape index (κ2) is 7.06. The summed E-state index contributed by atoms with van der Waals surface area (Å²) in [5.74, 6) is -0.217. The number of nitrogens with one attached hydrogen (secondary N) is 2. The Morgan fingerprint density at radius 3 is 2.41 bits per heavy atom. The summed E-state index contributed by atoms with van der Waals surface area (Å²) in [7, 11) is 0. The van der Waals surface area contributed by atoms with Crippen LogP contribution in [0, 0.1) is 0 Å². The fourth-order valence-corrected chi connectivity index (χ4v) is 1.54. The third-order valence-electron chi connectivity index (χ3n) is 2.12. The van der Waals surface area contributed by atoms with E-state index < -0.39 is 0 Å². The lowest BCUT2D eigenvalue weighted by Crippen LogP contribution is -2.30. The van der Waals surface area contributed by atoms with Crippen LogP contribution < -0.4 is 10.6 Å². The largest absolute Gasteiger partial charge is 0.356 e. The Kier molecular flexibility index (Phi) is 5.69. The highest BCUT2D eigenvalue weighted by molar-refractivity contribution is 9.10. The Hall–Kier alpha value is -1.36. The van der Waals surface area contributed by atoms with Crippen molar-refractivity contribution in [2.45, 2.75) is 13.3 Å². The summed E-state index contributed by atoms with van der Waals surface area (Å²) in [5.41, 5.74) is 0.587. The molecule has 0 saturated heterocycles. The molecule has 1 rings (SSSR count). The van der Waals surface area contributed by atoms with E-state index in [0.29, 0.717) is 25.1 Å². The molecule has 0 aromatic heterocycles. The number of amides is 2. The van der Waals surface area contributed by atoms with Gasteiger partial charge in [-0.3, -0.25) is 9.59 Å². The third-order valence-corrected chi connectivity index (χ3v) is 2.65. The topological polar surface area (TPSA) is 58.2 Å². The lowest BCUT2D eigenvalue weighted by atomic mass is 10.2. The molecule has 92 valence electrons. The molecule has 0 fully saturated rings. The summed E-state index contributed by atoms with van der Waals surface area (Å²) in [5, 5.41) is 5.36. The number of rotatable bonds is 5. The van der Waals surface area contributed by atoms with Crippen LogP contribution in [-0.4, -0.2) is 24.9 Å². The molecule has 0 spiro atoms. The summed E-state index contributed by atoms with van der Waals surface area (Å²) >= 11 is 3.30. The fraction of sp³-hybridized carbons (Fsp3) is 0.333. The summed E-state index contributed by atoms with van der Waals surface area (Å²) < 4.78 is 0.927. The van der Waals surface area contributed by atoms with Gasteiger partial charge in [-0.1, -0.05) is 15.9 Å². The average Bonchev–Trinajstić information content (AvgIpc) is 2.30. The Morgan fingerprint density at radius 1 is 1.18 bits per heavy atom. The van der Waals surface area contributed by atoms with E-state index in [1.807, 2.05) is 6.92 Å². The van der Waals surface area contributed by atoms with Crippen molar-refractivity contribution < 1.29 is 9.59 Å². The number of carbonyl (C=O) groups is 2. The number of hydrogen-bond donors (Lipinski definition) is 2. The molecule has 4 nitrogen and oxygen atoms in total. The number of carbonyl (C=O) groups excluding carboxylic acids is 2. The number of halogens is 1. The maximum atomic E-state index is 11.6. The minimum atomic E-state index is -0.165. The van der Waals surface area contributed by atoms with Gasteiger partial charge in [0.05, 0.1) is 0 Å². The van der Waals surface area contributed by atoms with Crippen LogP contribution >= 0.6 is 15.9 Å². The molecule has 17 heavy (non-hydrogen) atoms. The zero-order chi connectivity index (χ0) is 12.7. The van der Waals surface area contributed by atoms with Crippen LogP contribution in [0.5, 0.6) is 0 Å². The van der Waals surface area contributed by atoms with Gasteiger partial charge in [0.1, 0.15) is 0 Å². The van der Waals surface area contributed by atoms with E-state index in [1.54, 1.807) is 24.3 Å². The predicted octanol–water partition coefficient (Wildman–Crippen LogP) is 1.71. The molecule has 1 aromatic rings. The van der Waals surface area contributed by atoms with Gasteiger partial charge < -0.3 is 10.6 Å². The molecule has 1 aromatic carbocycles. The van der Waals surface area contributed by atoms with Gasteiger partial charge in [0.15, 0.2) is 0 Å². The normalized spacial score (nSPS) is 9.76. The summed E-state index contributed by atoms with van der Waals surface area (Å²) in [6.07, 6.45) is 0.302. The summed E-state index contributed by atoms with van der Waals surface area (Å²) in [6.45, 7) is 2.82. The highest BCUT2D eigenvalue weighted by Gasteiger charge is 2.05. The quantitative estimate of drug-likeness (QED) is 0.869. The van der Waals surface area contributed by atoms with Crippen LogP contribution in [0.3, 0.4) is 0 Å². The molecule has 0 heterocycles. The van der Waals surface area contributed by atoms with Crippen molar-refractivity contribution in [3.63, 3.8) is 0 Å². The summed E-state index contributed by atoms with van der Waals surface area (Å²) in [6, 6.07) is 7.06. The second-order valence-corrected chi connectivity index (χ2v) is 4.38. The van der Waals surface area contributed by atoms with Crippen molar-refractivity contribution in [1.82, 2.24) is 10.6 Å². The molecular formula is C12H15BrN2O2. The third kappa shape index (κ3) is 4.99. The standard InChI is InChI=1S/C12H15BrN2O2/c1-2-14-11(16)7-8-15-12(17)9-3-5-10(13)6-4-9/h3-6H,2,7-8H2,1H3,(H,14,16)(H,15,17). The van der Waals surface area contributed by atoms with E-state index >= 15 is 0 Å². The van der Waals surface area contributed by atoms with Gasteiger partial charge in [-0.05, 0) is 31.2 Å². The van der Waals surface area contributed by atoms with Gasteiger partial charge in [-0.2, -0.15) is 0 Å². The molecule has 0 saturated carbocycles. The van der Waals surface area contributed by atoms with Gasteiger partial charge in [-0.25, -0.2) is 0 Å². The van der Waals surface area contributed by atoms with Crippen LogP contribution in [0.15, 0.2) is 28.7 Å². The Morgan fingerprint density at radius 2 is 1.82 bits per heavy atom. The Balaban J connectivity index is 2.35. The molecular weight excluding hydrogens is 284 g/mol. The minimum absolute atomic E-state index is 0.0522. The molecule has 2 N–H and O–H groups in total. The van der Waals surface area contributed by atoms with E-state index in [9.17, 15) is 9.59 Å². The molecule has 2 amide bonds. The zero-order valence-corrected chi connectivity index (χ0v) is 11.2. The van der Waals surface area contributed by atoms with Crippen LogP contribution in [0.2, 0.25) is 0 Å². The minimum Gasteiger partial charge on any atom is -0.356 e. The van der Waals surface area contributed by atoms with Gasteiger partial charge in [-0.15, -0.1) is 0 Å². The van der Waals surface area contributed by atoms with Crippen molar-refractivity contribution in [1.29, 1.82) is 0 Å². The van der Waals surface area contributed by atoms with Gasteiger partial charge in [0, 0.05) is 29.5 Å². The lowest BCUT2D eigenvalue weighted by Gasteiger charge is -2.05. The molecule has 0 aliphatic rings. The smallest absolute Gasteiger partial charge is 0.251 e. The first-order valence-corrected chi connectivity index (χ1v) is 6.23. The van der Waals surface area contributed by atoms with Gasteiger partial charge >= 0.3 is 0 Å². The van der Waals surface area contributed by atoms with E-state index in [0.717, 1.165) is 4.47 Å². The molecule has 0 bridgehead atoms. The molecule has 0 radical (unpaired) electrons. The van der Waals surface area contributed by atoms with E-state index in [4.69, 9.17) is 0 Å². The van der Waals surface area contributed by atoms with Crippen molar-refractivity contribution in [2.75, 3.05) is 13.1 Å². The first-order chi connectivity index (χ1) is 8.13. The predicted molar refractivity (Wildman–Crippen MR) is 69.8 cm³/mol. The van der Waals surface area contributed by atoms with Crippen LogP contribution in [0.25, 0.3) is 0 Å². The van der Waals surface area contributed by atoms with E-state index in [2.05, 4.69) is 26.6 Å². The molecule has 5 heteroatoms. The zero-order valence-electron chi connectivity index (χ0n) is 9.63. The van der Waals surface area contributed by atoms with Gasteiger partial charge in [0.25, 0.3) is 5.91 Å². The van der Waals surface area contributed by atoms with Crippen molar-refractivity contribution in [3.05, 3.63) is 34.3 Å². The number of hydrogen-bond acceptors (Lipinski definition) is 2. The fourth-order valence-electron chi connectivity index (χ4n) is 1.28. The SMILES string of the molecule is CCNC(=O)CCNC(=O)c1ccc(Br)cc1. The first-order valence-electron chi connectivity index (χ1n) is 5.44. The van der Waals surface area contributed by atoms with Crippen molar-refractivity contribution >= 4 is 27.7 Å². The number of benzene rings is 1. The van der Waals surface area contributed by atoms with Crippen LogP contribution in [0.4, 0.5) is 0 Å². The highest BCUT2D eigenvalue weighted by atomic mass is 79.9. The lowest BCUT2D eigenvalue weighted by molar-refractivity contribution is -0.120. The first kappa shape index (κ1) is 13.7. The molecule has 0 atom stereocenters. The van der Waals surface area contributed by atoms with E-state index in [-0.39, 0.29) is 11.8 Å². The maximum absolute atomic E-state index is 11.6. The van der Waals surface area contributed by atoms with E-state index in [1.165, 1.54) is 0 Å². The Bertz CT molecular complexity index is 390. The molecule has 0 aliphatic heterocycles. The van der Waals surface area contributed by atoms with Crippen LogP contribution in [-0.2, 0) is 4.79 Å². The Labute approximate surface area is 109 Å². The molecule has 0 aliphatic carbocycles. The average molecular weight is 299 g/mol. The van der Waals surface area contributed by atoms with Crippen molar-refractivity contribution in [3.8, 4) is 0 Å². The summed E-state index contributed by atoms with van der Waals surface area (Å²) in [4.78, 5) is 22.8. The monoisotopic (exact) mass is 298 g/mol. The second-order valence-electron chi connectivity index (χ2n) is 3.47. The highest BCUT2D eigenvalue weighted by Crippen LogP contribution is 2.10. The van der Waals surface area contributed by atoms with Crippen LogP contribution in [0.1, 0.15) is 23.7 Å². The van der Waals surface area contributed by atoms with Crippen molar-refractivity contribution in [2.24, 2.45) is 0 Å². The molecule has 0 unspecified atom stereocenters. The maximum Gasteiger partial charge on any atom is 0.251 e. The van der Waals surface area contributed by atoms with Gasteiger partial charge in [0.2, 0.25) is 5.91 Å².